The Labute approximate surface area is 120 Å². The number of methoxy groups -OCH3 is 1. The van der Waals surface area contributed by atoms with Gasteiger partial charge in [-0.1, -0.05) is 20.8 Å². The number of carboxylic acid groups (broad SMARTS) is 1. The number of rotatable bonds is 6. The van der Waals surface area contributed by atoms with Gasteiger partial charge >= 0.3 is 12.0 Å². The van der Waals surface area contributed by atoms with Gasteiger partial charge in [0.2, 0.25) is 0 Å². The van der Waals surface area contributed by atoms with Crippen LogP contribution in [0, 0.1) is 11.3 Å². The second-order valence-corrected chi connectivity index (χ2v) is 5.87. The molecular formula is C14H26N2O4. The summed E-state index contributed by atoms with van der Waals surface area (Å²) < 4.78 is 5.10. The van der Waals surface area contributed by atoms with Crippen LogP contribution in [0.1, 0.15) is 33.6 Å². The molecule has 0 bridgehead atoms. The zero-order chi connectivity index (χ0) is 15.3. The van der Waals surface area contributed by atoms with Crippen molar-refractivity contribution >= 4 is 12.0 Å². The number of carboxylic acids is 1. The Hall–Kier alpha value is -1.30. The van der Waals surface area contributed by atoms with Gasteiger partial charge in [-0.25, -0.2) is 4.79 Å². The van der Waals surface area contributed by atoms with Crippen molar-refractivity contribution in [2.45, 2.75) is 39.7 Å². The van der Waals surface area contributed by atoms with Crippen molar-refractivity contribution in [3.63, 3.8) is 0 Å². The lowest BCUT2D eigenvalue weighted by Crippen LogP contribution is -2.48. The predicted molar refractivity (Wildman–Crippen MR) is 75.6 cm³/mol. The van der Waals surface area contributed by atoms with Gasteiger partial charge in [0.15, 0.2) is 0 Å². The number of carbonyl (C=O) groups excluding carboxylic acids is 1. The third-order valence-electron chi connectivity index (χ3n) is 4.23. The molecule has 1 aliphatic heterocycles. The fraction of sp³-hybridized carbons (Fsp3) is 0.857. The maximum absolute atomic E-state index is 12.2. The molecule has 2 atom stereocenters. The number of ether oxygens (including phenoxy) is 1. The third kappa shape index (κ3) is 3.62. The van der Waals surface area contributed by atoms with Gasteiger partial charge in [0, 0.05) is 20.2 Å². The average Bonchev–Trinajstić information content (AvgIpc) is 2.83. The highest BCUT2D eigenvalue weighted by atomic mass is 16.5. The van der Waals surface area contributed by atoms with E-state index in [9.17, 15) is 14.7 Å². The summed E-state index contributed by atoms with van der Waals surface area (Å²) in [6.45, 7) is 7.11. The Morgan fingerprint density at radius 1 is 1.45 bits per heavy atom. The first-order valence-electron chi connectivity index (χ1n) is 7.14. The lowest BCUT2D eigenvalue weighted by Gasteiger charge is -2.27. The molecule has 116 valence electrons. The van der Waals surface area contributed by atoms with Crippen LogP contribution in [0.15, 0.2) is 0 Å². The number of urea groups is 1. The molecule has 0 aliphatic carbocycles. The molecule has 1 heterocycles. The zero-order valence-corrected chi connectivity index (χ0v) is 12.8. The number of likely N-dealkylation sites (tertiary alicyclic amines) is 1. The monoisotopic (exact) mass is 286 g/mol. The number of nitrogens with zero attached hydrogens (tertiary/aromatic N) is 1. The van der Waals surface area contributed by atoms with Crippen LogP contribution >= 0.6 is 0 Å². The summed E-state index contributed by atoms with van der Waals surface area (Å²) in [5.41, 5.74) is -0.786. The SMILES string of the molecule is CCC1(C(=O)O)CCN(C(=O)NC(COC)C(C)C)C1. The Morgan fingerprint density at radius 2 is 2.10 bits per heavy atom. The average molecular weight is 286 g/mol. The van der Waals surface area contributed by atoms with E-state index in [4.69, 9.17) is 4.74 Å². The summed E-state index contributed by atoms with van der Waals surface area (Å²) in [7, 11) is 1.60. The van der Waals surface area contributed by atoms with Crippen LogP contribution in [0.3, 0.4) is 0 Å². The van der Waals surface area contributed by atoms with Crippen molar-refractivity contribution in [2.75, 3.05) is 26.8 Å². The fourth-order valence-corrected chi connectivity index (χ4v) is 2.49. The smallest absolute Gasteiger partial charge is 0.317 e. The molecule has 0 aromatic heterocycles. The van der Waals surface area contributed by atoms with E-state index in [1.54, 1.807) is 12.0 Å². The standard InChI is InChI=1S/C14H26N2O4/c1-5-14(12(17)18)6-7-16(9-14)13(19)15-11(8-20-4)10(2)3/h10-11H,5-9H2,1-4H3,(H,15,19)(H,17,18). The molecule has 6 nitrogen and oxygen atoms in total. The summed E-state index contributed by atoms with van der Waals surface area (Å²) >= 11 is 0. The highest BCUT2D eigenvalue weighted by molar-refractivity contribution is 5.79. The summed E-state index contributed by atoms with van der Waals surface area (Å²) in [6.07, 6.45) is 1.06. The summed E-state index contributed by atoms with van der Waals surface area (Å²) in [4.78, 5) is 25.2. The Balaban J connectivity index is 2.64. The first-order valence-corrected chi connectivity index (χ1v) is 7.14. The maximum atomic E-state index is 12.2. The quantitative estimate of drug-likeness (QED) is 0.776. The van der Waals surface area contributed by atoms with Crippen molar-refractivity contribution in [2.24, 2.45) is 11.3 Å². The Kier molecular flexibility index (Phi) is 5.80. The molecule has 0 saturated carbocycles. The lowest BCUT2D eigenvalue weighted by atomic mass is 9.84. The second kappa shape index (κ2) is 6.92. The van der Waals surface area contributed by atoms with E-state index in [1.165, 1.54) is 0 Å². The molecule has 0 aromatic rings. The van der Waals surface area contributed by atoms with E-state index in [1.807, 2.05) is 20.8 Å². The molecule has 1 fully saturated rings. The zero-order valence-electron chi connectivity index (χ0n) is 12.8. The van der Waals surface area contributed by atoms with Crippen molar-refractivity contribution < 1.29 is 19.4 Å². The van der Waals surface area contributed by atoms with Crippen LogP contribution in [0.4, 0.5) is 4.79 Å². The van der Waals surface area contributed by atoms with Crippen LogP contribution in [0.2, 0.25) is 0 Å². The van der Waals surface area contributed by atoms with Gasteiger partial charge in [-0.15, -0.1) is 0 Å². The van der Waals surface area contributed by atoms with Crippen LogP contribution in [0.25, 0.3) is 0 Å². The molecule has 1 saturated heterocycles. The maximum Gasteiger partial charge on any atom is 0.317 e. The summed E-state index contributed by atoms with van der Waals surface area (Å²) in [5, 5.41) is 12.3. The van der Waals surface area contributed by atoms with Crippen LogP contribution in [-0.4, -0.2) is 54.9 Å². The van der Waals surface area contributed by atoms with Crippen LogP contribution in [-0.2, 0) is 9.53 Å². The minimum absolute atomic E-state index is 0.0612. The van der Waals surface area contributed by atoms with Gasteiger partial charge in [-0.3, -0.25) is 4.79 Å². The van der Waals surface area contributed by atoms with Gasteiger partial charge in [-0.05, 0) is 18.8 Å². The van der Waals surface area contributed by atoms with Gasteiger partial charge in [0.1, 0.15) is 0 Å². The molecule has 0 spiro atoms. The highest BCUT2D eigenvalue weighted by Gasteiger charge is 2.45. The van der Waals surface area contributed by atoms with E-state index < -0.39 is 11.4 Å². The predicted octanol–water partition coefficient (Wildman–Crippen LogP) is 1.55. The molecule has 2 N–H and O–H groups in total. The molecule has 0 radical (unpaired) electrons. The largest absolute Gasteiger partial charge is 0.481 e. The number of aliphatic carboxylic acids is 1. The third-order valence-corrected chi connectivity index (χ3v) is 4.23. The lowest BCUT2D eigenvalue weighted by molar-refractivity contribution is -0.148. The molecule has 0 aromatic carbocycles. The Bertz CT molecular complexity index is 359. The van der Waals surface area contributed by atoms with Gasteiger partial charge < -0.3 is 20.1 Å². The number of nitrogens with one attached hydrogen (secondary N) is 1. The first kappa shape index (κ1) is 16.8. The van der Waals surface area contributed by atoms with Crippen LogP contribution < -0.4 is 5.32 Å². The van der Waals surface area contributed by atoms with Crippen molar-refractivity contribution in [3.05, 3.63) is 0 Å². The minimum atomic E-state index is -0.812. The van der Waals surface area contributed by atoms with Gasteiger partial charge in [0.05, 0.1) is 18.1 Å². The molecule has 1 rings (SSSR count). The molecule has 1 aliphatic rings. The number of hydrogen-bond acceptors (Lipinski definition) is 3. The van der Waals surface area contributed by atoms with Crippen molar-refractivity contribution in [1.29, 1.82) is 0 Å². The number of hydrogen-bond donors (Lipinski definition) is 2. The van der Waals surface area contributed by atoms with E-state index in [0.29, 0.717) is 26.0 Å². The normalized spacial score (nSPS) is 23.9. The molecule has 6 heteroatoms. The molecule has 2 unspecified atom stereocenters. The highest BCUT2D eigenvalue weighted by Crippen LogP contribution is 2.34. The fourth-order valence-electron chi connectivity index (χ4n) is 2.49. The van der Waals surface area contributed by atoms with E-state index in [2.05, 4.69) is 5.32 Å². The van der Waals surface area contributed by atoms with E-state index in [0.717, 1.165) is 0 Å². The Morgan fingerprint density at radius 3 is 2.50 bits per heavy atom. The van der Waals surface area contributed by atoms with E-state index in [-0.39, 0.29) is 24.5 Å². The van der Waals surface area contributed by atoms with Crippen molar-refractivity contribution in [1.82, 2.24) is 10.2 Å². The first-order chi connectivity index (χ1) is 9.36. The minimum Gasteiger partial charge on any atom is -0.481 e. The van der Waals surface area contributed by atoms with Gasteiger partial charge in [0.25, 0.3) is 0 Å². The molecule has 2 amide bonds. The second-order valence-electron chi connectivity index (χ2n) is 5.87. The summed E-state index contributed by atoms with van der Waals surface area (Å²) in [6, 6.07) is -0.258. The topological polar surface area (TPSA) is 78.9 Å². The van der Waals surface area contributed by atoms with E-state index >= 15 is 0 Å². The molecular weight excluding hydrogens is 260 g/mol. The van der Waals surface area contributed by atoms with Crippen LogP contribution in [0.5, 0.6) is 0 Å². The number of amides is 2. The van der Waals surface area contributed by atoms with Crippen molar-refractivity contribution in [3.8, 4) is 0 Å². The number of carbonyl (C=O) groups is 2. The summed E-state index contributed by atoms with van der Waals surface area (Å²) in [5.74, 6) is -0.551. The molecule has 20 heavy (non-hydrogen) atoms. The van der Waals surface area contributed by atoms with Gasteiger partial charge in [-0.2, -0.15) is 0 Å².